The zero-order chi connectivity index (χ0) is 36.1. The Bertz CT molecular complexity index is 1980. The number of nitrogens with zero attached hydrogens (tertiary/aromatic N) is 5. The summed E-state index contributed by atoms with van der Waals surface area (Å²) in [5.74, 6) is 3.10. The Labute approximate surface area is 298 Å². The first-order chi connectivity index (χ1) is 24.5. The number of aryl methyl sites for hydroxylation is 5. The minimum atomic E-state index is -0.292. The third-order valence-corrected chi connectivity index (χ3v) is 9.82. The number of nitrogens with two attached hydrogens (primary N) is 2. The van der Waals surface area contributed by atoms with Crippen LogP contribution in [0, 0.1) is 40.4 Å². The van der Waals surface area contributed by atoms with Gasteiger partial charge in [-0.05, 0) is 144 Å². The Hall–Kier alpha value is -5.14. The summed E-state index contributed by atoms with van der Waals surface area (Å²) in [7, 11) is 0. The van der Waals surface area contributed by atoms with Crippen molar-refractivity contribution in [3.8, 4) is 11.1 Å². The van der Waals surface area contributed by atoms with Crippen LogP contribution in [0.5, 0.6) is 0 Å². The van der Waals surface area contributed by atoms with Crippen molar-refractivity contribution in [1.29, 1.82) is 0 Å². The zero-order valence-electron chi connectivity index (χ0n) is 30.1. The number of benzene rings is 2. The molecular formula is C38H49FN12. The highest BCUT2D eigenvalue weighted by atomic mass is 19.1. The van der Waals surface area contributed by atoms with Crippen LogP contribution in [-0.2, 0) is 0 Å². The molecule has 2 aromatic carbocycles. The minimum Gasteiger partial charge on any atom is -0.383 e. The van der Waals surface area contributed by atoms with Crippen LogP contribution >= 0.6 is 0 Å². The molecule has 7 rings (SSSR count). The van der Waals surface area contributed by atoms with Crippen molar-refractivity contribution in [2.24, 2.45) is 0 Å². The van der Waals surface area contributed by atoms with Gasteiger partial charge in [-0.3, -0.25) is 5.10 Å². The van der Waals surface area contributed by atoms with Crippen LogP contribution in [0.15, 0.2) is 42.7 Å². The van der Waals surface area contributed by atoms with E-state index in [4.69, 9.17) is 11.5 Å². The molecule has 0 aliphatic carbocycles. The number of aromatic amines is 1. The van der Waals surface area contributed by atoms with Crippen LogP contribution in [-0.4, -0.2) is 56.3 Å². The molecule has 2 aliphatic heterocycles. The monoisotopic (exact) mass is 692 g/mol. The molecule has 12 nitrogen and oxygen atoms in total. The highest BCUT2D eigenvalue weighted by molar-refractivity contribution is 5.75. The molecule has 0 amide bonds. The summed E-state index contributed by atoms with van der Waals surface area (Å²) < 4.78 is 14.6. The van der Waals surface area contributed by atoms with Crippen molar-refractivity contribution in [3.05, 3.63) is 87.6 Å². The molecule has 0 atom stereocenters. The fourth-order valence-electron chi connectivity index (χ4n) is 6.99. The van der Waals surface area contributed by atoms with E-state index in [0.29, 0.717) is 28.9 Å². The smallest absolute Gasteiger partial charge is 0.229 e. The lowest BCUT2D eigenvalue weighted by atomic mass is 9.86. The third-order valence-electron chi connectivity index (χ3n) is 9.82. The second-order valence-electron chi connectivity index (χ2n) is 13.7. The number of aromatic nitrogens is 6. The Balaban J connectivity index is 0.000000183. The van der Waals surface area contributed by atoms with E-state index in [0.717, 1.165) is 78.7 Å². The maximum absolute atomic E-state index is 14.6. The van der Waals surface area contributed by atoms with Gasteiger partial charge in [0.1, 0.15) is 17.5 Å². The van der Waals surface area contributed by atoms with Gasteiger partial charge in [0.2, 0.25) is 11.9 Å². The molecule has 0 saturated carbocycles. The normalized spacial score (nSPS) is 15.3. The highest BCUT2D eigenvalue weighted by Crippen LogP contribution is 2.35. The number of hydrogen-bond acceptors (Lipinski definition) is 11. The molecule has 0 radical (unpaired) electrons. The van der Waals surface area contributed by atoms with Gasteiger partial charge in [-0.1, -0.05) is 6.07 Å². The highest BCUT2D eigenvalue weighted by Gasteiger charge is 2.21. The lowest BCUT2D eigenvalue weighted by Gasteiger charge is -2.25. The summed E-state index contributed by atoms with van der Waals surface area (Å²) in [5.41, 5.74) is 21.4. The van der Waals surface area contributed by atoms with Crippen molar-refractivity contribution >= 4 is 35.0 Å². The zero-order valence-corrected chi connectivity index (χ0v) is 30.1. The fourth-order valence-corrected chi connectivity index (χ4v) is 6.99. The van der Waals surface area contributed by atoms with Crippen LogP contribution in [0.1, 0.15) is 76.6 Å². The van der Waals surface area contributed by atoms with Gasteiger partial charge in [0.15, 0.2) is 5.82 Å². The minimum absolute atomic E-state index is 0.0877. The van der Waals surface area contributed by atoms with Gasteiger partial charge in [-0.25, -0.2) is 14.4 Å². The summed E-state index contributed by atoms with van der Waals surface area (Å²) in [5, 5.41) is 20.6. The summed E-state index contributed by atoms with van der Waals surface area (Å²) in [6.45, 7) is 14.5. The standard InChI is InChI=1S/C22H29N7.C16H20FN5/c1-13-10-19(14(2)9-18(13)17-5-7-23-8-6-17)25-22-24-12-15(3)21(27-22)26-20-11-16(4)28-29-20;1-9-6-12(13-8-21-16(19)22-15(13)18)14(17)7-11(9)10-2-4-20-5-3-10/h9-12,17,23H,5-8H2,1-4H3,(H3,24,25,26,27,28,29);6-8,10,20H,2-5H2,1H3,(H4,18,19,21,22). The Morgan fingerprint density at radius 1 is 0.686 bits per heavy atom. The Kier molecular flexibility index (Phi) is 11.1. The van der Waals surface area contributed by atoms with Gasteiger partial charge in [-0.2, -0.15) is 15.1 Å². The van der Waals surface area contributed by atoms with Crippen LogP contribution in [0.4, 0.5) is 39.4 Å². The van der Waals surface area contributed by atoms with Crippen LogP contribution < -0.4 is 32.7 Å². The SMILES string of the molecule is Cc1cc(-c2cnc(N)nc2N)c(F)cc1C1CCNCC1.Cc1cc(Nc2nc(Nc3cc(C)c(C4CCNCC4)cc3C)ncc2C)n[nH]1. The molecule has 13 heteroatoms. The molecule has 51 heavy (non-hydrogen) atoms. The van der Waals surface area contributed by atoms with E-state index >= 15 is 0 Å². The Morgan fingerprint density at radius 3 is 1.96 bits per heavy atom. The maximum Gasteiger partial charge on any atom is 0.229 e. The van der Waals surface area contributed by atoms with Crippen molar-refractivity contribution in [1.82, 2.24) is 40.8 Å². The van der Waals surface area contributed by atoms with Gasteiger partial charge in [0, 0.05) is 46.5 Å². The first kappa shape index (κ1) is 35.7. The average Bonchev–Trinajstić information content (AvgIpc) is 3.54. The largest absolute Gasteiger partial charge is 0.383 e. The molecule has 3 aromatic heterocycles. The lowest BCUT2D eigenvalue weighted by Crippen LogP contribution is -2.27. The second kappa shape index (κ2) is 15.8. The van der Waals surface area contributed by atoms with Gasteiger partial charge >= 0.3 is 0 Å². The van der Waals surface area contributed by atoms with Gasteiger partial charge < -0.3 is 32.7 Å². The fraction of sp³-hybridized carbons (Fsp3) is 0.395. The van der Waals surface area contributed by atoms with Crippen molar-refractivity contribution in [2.75, 3.05) is 48.3 Å². The van der Waals surface area contributed by atoms with E-state index in [-0.39, 0.29) is 17.6 Å². The molecule has 5 heterocycles. The number of anilines is 6. The molecule has 5 aromatic rings. The predicted molar refractivity (Wildman–Crippen MR) is 203 cm³/mol. The topological polar surface area (TPSA) is 180 Å². The molecule has 0 bridgehead atoms. The average molecular weight is 693 g/mol. The second-order valence-corrected chi connectivity index (χ2v) is 13.7. The number of rotatable bonds is 7. The summed E-state index contributed by atoms with van der Waals surface area (Å²) in [6.07, 6.45) is 7.77. The van der Waals surface area contributed by atoms with E-state index in [1.54, 1.807) is 6.07 Å². The molecule has 2 saturated heterocycles. The number of halogens is 1. The first-order valence-electron chi connectivity index (χ1n) is 17.7. The van der Waals surface area contributed by atoms with E-state index in [2.05, 4.69) is 77.4 Å². The van der Waals surface area contributed by atoms with Gasteiger partial charge in [-0.15, -0.1) is 0 Å². The van der Waals surface area contributed by atoms with Gasteiger partial charge in [0.25, 0.3) is 0 Å². The van der Waals surface area contributed by atoms with E-state index in [9.17, 15) is 4.39 Å². The van der Waals surface area contributed by atoms with Crippen LogP contribution in [0.25, 0.3) is 11.1 Å². The molecule has 2 fully saturated rings. The summed E-state index contributed by atoms with van der Waals surface area (Å²) in [6, 6.07) is 9.96. The molecular weight excluding hydrogens is 644 g/mol. The van der Waals surface area contributed by atoms with E-state index in [1.165, 1.54) is 35.7 Å². The predicted octanol–water partition coefficient (Wildman–Crippen LogP) is 6.61. The number of hydrogen-bond donors (Lipinski definition) is 7. The quantitative estimate of drug-likeness (QED) is 0.0975. The Morgan fingerprint density at radius 2 is 1.33 bits per heavy atom. The van der Waals surface area contributed by atoms with Gasteiger partial charge in [0.05, 0.1) is 0 Å². The molecule has 268 valence electrons. The van der Waals surface area contributed by atoms with E-state index < -0.39 is 0 Å². The molecule has 2 aliphatic rings. The third kappa shape index (κ3) is 8.61. The maximum atomic E-state index is 14.6. The number of H-pyrrole nitrogens is 1. The lowest BCUT2D eigenvalue weighted by molar-refractivity contribution is 0.457. The van der Waals surface area contributed by atoms with Crippen molar-refractivity contribution in [3.63, 3.8) is 0 Å². The molecule has 9 N–H and O–H groups in total. The molecule has 0 unspecified atom stereocenters. The first-order valence-corrected chi connectivity index (χ1v) is 17.7. The van der Waals surface area contributed by atoms with E-state index in [1.807, 2.05) is 39.1 Å². The summed E-state index contributed by atoms with van der Waals surface area (Å²) >= 11 is 0. The number of piperidine rings is 2. The number of nitrogen functional groups attached to an aromatic ring is 2. The number of nitrogens with one attached hydrogen (secondary N) is 5. The van der Waals surface area contributed by atoms with Crippen LogP contribution in [0.3, 0.4) is 0 Å². The van der Waals surface area contributed by atoms with Crippen molar-refractivity contribution in [2.45, 2.75) is 72.1 Å². The summed E-state index contributed by atoms with van der Waals surface area (Å²) in [4.78, 5) is 16.9. The van der Waals surface area contributed by atoms with Crippen molar-refractivity contribution < 1.29 is 4.39 Å². The van der Waals surface area contributed by atoms with Crippen LogP contribution in [0.2, 0.25) is 0 Å². The molecule has 0 spiro atoms.